The van der Waals surface area contributed by atoms with Crippen LogP contribution in [0.1, 0.15) is 23.0 Å². The Labute approximate surface area is 112 Å². The van der Waals surface area contributed by atoms with Crippen LogP contribution < -0.4 is 0 Å². The number of para-hydroxylation sites is 1. The SMILES string of the molecule is CCOC(=O)C(=O)c1oc2c(Br)cccc2c1C. The molecule has 0 fully saturated rings. The molecule has 18 heavy (non-hydrogen) atoms. The number of rotatable bonds is 3. The molecule has 0 aliphatic rings. The highest BCUT2D eigenvalue weighted by Gasteiger charge is 2.25. The highest BCUT2D eigenvalue weighted by molar-refractivity contribution is 9.10. The Hall–Kier alpha value is -1.62. The number of benzene rings is 1. The molecule has 1 heterocycles. The second-order valence-corrected chi connectivity index (χ2v) is 4.58. The van der Waals surface area contributed by atoms with Crippen LogP contribution in [0.3, 0.4) is 0 Å². The van der Waals surface area contributed by atoms with Crippen molar-refractivity contribution >= 4 is 38.7 Å². The largest absolute Gasteiger partial charge is 0.460 e. The van der Waals surface area contributed by atoms with Crippen LogP contribution >= 0.6 is 15.9 Å². The van der Waals surface area contributed by atoms with Crippen molar-refractivity contribution in [3.8, 4) is 0 Å². The molecule has 0 aliphatic carbocycles. The van der Waals surface area contributed by atoms with Crippen LogP contribution in [0, 0.1) is 6.92 Å². The number of esters is 1. The van der Waals surface area contributed by atoms with E-state index in [1.807, 2.05) is 18.2 Å². The molecular formula is C13H11BrO4. The summed E-state index contributed by atoms with van der Waals surface area (Å²) in [4.78, 5) is 23.3. The van der Waals surface area contributed by atoms with Crippen LogP contribution in [0.25, 0.3) is 11.0 Å². The van der Waals surface area contributed by atoms with E-state index in [4.69, 9.17) is 4.42 Å². The van der Waals surface area contributed by atoms with E-state index >= 15 is 0 Å². The van der Waals surface area contributed by atoms with Gasteiger partial charge in [-0.15, -0.1) is 0 Å². The first-order chi connectivity index (χ1) is 8.56. The molecule has 0 unspecified atom stereocenters. The molecule has 0 aliphatic heterocycles. The van der Waals surface area contributed by atoms with Crippen LogP contribution in [0.5, 0.6) is 0 Å². The van der Waals surface area contributed by atoms with Crippen molar-refractivity contribution < 1.29 is 18.7 Å². The minimum atomic E-state index is -0.893. The van der Waals surface area contributed by atoms with Crippen molar-refractivity contribution in [2.75, 3.05) is 6.61 Å². The molecule has 0 radical (unpaired) electrons. The van der Waals surface area contributed by atoms with Gasteiger partial charge in [0.1, 0.15) is 5.58 Å². The molecule has 0 atom stereocenters. The number of fused-ring (bicyclic) bond motifs is 1. The molecule has 94 valence electrons. The van der Waals surface area contributed by atoms with E-state index in [0.717, 1.165) is 9.86 Å². The molecule has 4 nitrogen and oxygen atoms in total. The predicted octanol–water partition coefficient (Wildman–Crippen LogP) is 3.25. The summed E-state index contributed by atoms with van der Waals surface area (Å²) in [6, 6.07) is 5.48. The number of halogens is 1. The van der Waals surface area contributed by atoms with Gasteiger partial charge >= 0.3 is 11.8 Å². The maximum Gasteiger partial charge on any atom is 0.383 e. The van der Waals surface area contributed by atoms with Gasteiger partial charge in [-0.1, -0.05) is 12.1 Å². The summed E-state index contributed by atoms with van der Waals surface area (Å²) in [5.41, 5.74) is 1.20. The van der Waals surface area contributed by atoms with Gasteiger partial charge in [-0.2, -0.15) is 0 Å². The number of carbonyl (C=O) groups is 2. The van der Waals surface area contributed by atoms with Gasteiger partial charge in [0.25, 0.3) is 0 Å². The van der Waals surface area contributed by atoms with E-state index in [-0.39, 0.29) is 12.4 Å². The monoisotopic (exact) mass is 310 g/mol. The Morgan fingerprint density at radius 2 is 2.11 bits per heavy atom. The molecule has 2 rings (SSSR count). The zero-order valence-corrected chi connectivity index (χ0v) is 11.5. The normalized spacial score (nSPS) is 10.6. The number of Topliss-reactive ketones (excluding diaryl/α,β-unsaturated/α-hetero) is 1. The minimum Gasteiger partial charge on any atom is -0.460 e. The van der Waals surface area contributed by atoms with Crippen LogP contribution in [-0.4, -0.2) is 18.4 Å². The van der Waals surface area contributed by atoms with Crippen LogP contribution in [0.15, 0.2) is 27.1 Å². The minimum absolute atomic E-state index is 0.0374. The van der Waals surface area contributed by atoms with Crippen molar-refractivity contribution in [3.05, 3.63) is 34.0 Å². The zero-order valence-electron chi connectivity index (χ0n) is 9.95. The molecule has 1 aromatic carbocycles. The van der Waals surface area contributed by atoms with Gasteiger partial charge in [0, 0.05) is 10.9 Å². The van der Waals surface area contributed by atoms with E-state index in [1.54, 1.807) is 13.8 Å². The lowest BCUT2D eigenvalue weighted by Crippen LogP contribution is -2.17. The maximum absolute atomic E-state index is 11.9. The number of furan rings is 1. The summed E-state index contributed by atoms with van der Waals surface area (Å²) in [6.45, 7) is 3.55. The number of aryl methyl sites for hydroxylation is 1. The van der Waals surface area contributed by atoms with Crippen LogP contribution in [0.2, 0.25) is 0 Å². The quantitative estimate of drug-likeness (QED) is 0.496. The Morgan fingerprint density at radius 1 is 1.39 bits per heavy atom. The average molecular weight is 311 g/mol. The fourth-order valence-electron chi connectivity index (χ4n) is 1.71. The molecule has 0 saturated carbocycles. The lowest BCUT2D eigenvalue weighted by atomic mass is 10.1. The predicted molar refractivity (Wildman–Crippen MR) is 69.6 cm³/mol. The van der Waals surface area contributed by atoms with Crippen LogP contribution in [-0.2, 0) is 9.53 Å². The van der Waals surface area contributed by atoms with Crippen molar-refractivity contribution in [2.24, 2.45) is 0 Å². The van der Waals surface area contributed by atoms with Crippen molar-refractivity contribution in [3.63, 3.8) is 0 Å². The van der Waals surface area contributed by atoms with E-state index in [2.05, 4.69) is 20.7 Å². The topological polar surface area (TPSA) is 56.5 Å². The number of ketones is 1. The second kappa shape index (κ2) is 4.94. The first-order valence-corrected chi connectivity index (χ1v) is 6.24. The fourth-order valence-corrected chi connectivity index (χ4v) is 2.16. The number of ether oxygens (including phenoxy) is 1. The van der Waals surface area contributed by atoms with Gasteiger partial charge in [0.05, 0.1) is 11.1 Å². The second-order valence-electron chi connectivity index (χ2n) is 3.72. The summed E-state index contributed by atoms with van der Waals surface area (Å²) in [5.74, 6) is -1.61. The molecule has 0 bridgehead atoms. The highest BCUT2D eigenvalue weighted by Crippen LogP contribution is 2.31. The van der Waals surface area contributed by atoms with E-state index in [1.165, 1.54) is 0 Å². The first kappa shape index (κ1) is 12.8. The third-order valence-electron chi connectivity index (χ3n) is 2.58. The Morgan fingerprint density at radius 3 is 2.72 bits per heavy atom. The van der Waals surface area contributed by atoms with Crippen molar-refractivity contribution in [2.45, 2.75) is 13.8 Å². The van der Waals surface area contributed by atoms with Gasteiger partial charge in [0.2, 0.25) is 0 Å². The molecular weight excluding hydrogens is 300 g/mol. The highest BCUT2D eigenvalue weighted by atomic mass is 79.9. The summed E-state index contributed by atoms with van der Waals surface area (Å²) < 4.78 is 10.9. The van der Waals surface area contributed by atoms with E-state index < -0.39 is 11.8 Å². The average Bonchev–Trinajstić information content (AvgIpc) is 2.68. The molecule has 2 aromatic rings. The summed E-state index contributed by atoms with van der Waals surface area (Å²) in [5, 5.41) is 0.803. The van der Waals surface area contributed by atoms with E-state index in [9.17, 15) is 9.59 Å². The first-order valence-electron chi connectivity index (χ1n) is 5.45. The third-order valence-corrected chi connectivity index (χ3v) is 3.21. The molecule has 5 heteroatoms. The van der Waals surface area contributed by atoms with Gasteiger partial charge < -0.3 is 9.15 Å². The van der Waals surface area contributed by atoms with Gasteiger partial charge in [-0.25, -0.2) is 4.79 Å². The molecule has 0 N–H and O–H groups in total. The van der Waals surface area contributed by atoms with Gasteiger partial charge in [0.15, 0.2) is 5.76 Å². The number of carbonyl (C=O) groups excluding carboxylic acids is 2. The third kappa shape index (κ3) is 2.06. The fraction of sp³-hybridized carbons (Fsp3) is 0.231. The smallest absolute Gasteiger partial charge is 0.383 e. The van der Waals surface area contributed by atoms with Crippen LogP contribution in [0.4, 0.5) is 0 Å². The molecule has 0 saturated heterocycles. The lowest BCUT2D eigenvalue weighted by molar-refractivity contribution is -0.137. The number of hydrogen-bond acceptors (Lipinski definition) is 4. The standard InChI is InChI=1S/C13H11BrO4/c1-3-17-13(16)10(15)11-7(2)8-5-4-6-9(14)12(8)18-11/h4-6H,3H2,1-2H3. The Kier molecular flexibility index (Phi) is 3.52. The Balaban J connectivity index is 2.52. The zero-order chi connectivity index (χ0) is 13.3. The summed E-state index contributed by atoms with van der Waals surface area (Å²) in [7, 11) is 0. The van der Waals surface area contributed by atoms with Gasteiger partial charge in [-0.3, -0.25) is 4.79 Å². The maximum atomic E-state index is 11.9. The summed E-state index contributed by atoms with van der Waals surface area (Å²) in [6.07, 6.45) is 0. The van der Waals surface area contributed by atoms with Gasteiger partial charge in [-0.05, 0) is 35.8 Å². The van der Waals surface area contributed by atoms with Crippen molar-refractivity contribution in [1.82, 2.24) is 0 Å². The number of hydrogen-bond donors (Lipinski definition) is 0. The molecule has 0 spiro atoms. The van der Waals surface area contributed by atoms with E-state index in [0.29, 0.717) is 11.1 Å². The Bertz CT molecular complexity index is 627. The summed E-state index contributed by atoms with van der Waals surface area (Å²) >= 11 is 3.34. The van der Waals surface area contributed by atoms with Crippen molar-refractivity contribution in [1.29, 1.82) is 0 Å². The molecule has 0 amide bonds. The molecule has 1 aromatic heterocycles. The lowest BCUT2D eigenvalue weighted by Gasteiger charge is -1.98.